The summed E-state index contributed by atoms with van der Waals surface area (Å²) in [6, 6.07) is 8.51. The van der Waals surface area contributed by atoms with Crippen molar-refractivity contribution < 1.29 is 4.79 Å². The predicted molar refractivity (Wildman–Crippen MR) is 92.6 cm³/mol. The lowest BCUT2D eigenvalue weighted by Gasteiger charge is -2.27. The Bertz CT molecular complexity index is 550. The number of nitrogens with two attached hydrogens (primary N) is 1. The SMILES string of the molecule is CC1Cc2ccccc2N1C(=O)CN1CCC(C)(CN)C1.Cl. The summed E-state index contributed by atoms with van der Waals surface area (Å²) in [6.07, 6.45) is 2.05. The first-order valence-electron chi connectivity index (χ1n) is 7.85. The van der Waals surface area contributed by atoms with Crippen LogP contribution in [0, 0.1) is 5.41 Å². The Labute approximate surface area is 139 Å². The lowest BCUT2D eigenvalue weighted by Crippen LogP contribution is -2.43. The molecule has 5 heteroatoms. The fourth-order valence-corrected chi connectivity index (χ4v) is 3.64. The van der Waals surface area contributed by atoms with E-state index < -0.39 is 0 Å². The number of benzene rings is 1. The molecule has 2 atom stereocenters. The molecule has 1 aromatic rings. The number of hydrogen-bond acceptors (Lipinski definition) is 3. The average Bonchev–Trinajstić information content (AvgIpc) is 2.99. The zero-order valence-electron chi connectivity index (χ0n) is 13.4. The highest BCUT2D eigenvalue weighted by atomic mass is 35.5. The van der Waals surface area contributed by atoms with Crippen molar-refractivity contribution in [3.8, 4) is 0 Å². The minimum atomic E-state index is 0. The number of anilines is 1. The smallest absolute Gasteiger partial charge is 0.241 e. The van der Waals surface area contributed by atoms with Gasteiger partial charge in [-0.15, -0.1) is 12.4 Å². The average molecular weight is 324 g/mol. The molecule has 2 aliphatic rings. The third kappa shape index (κ3) is 3.14. The van der Waals surface area contributed by atoms with Gasteiger partial charge in [-0.2, -0.15) is 0 Å². The van der Waals surface area contributed by atoms with Crippen molar-refractivity contribution in [3.63, 3.8) is 0 Å². The van der Waals surface area contributed by atoms with Crippen molar-refractivity contribution >= 4 is 24.0 Å². The molecule has 4 nitrogen and oxygen atoms in total. The molecule has 2 heterocycles. The van der Waals surface area contributed by atoms with E-state index in [0.717, 1.165) is 31.6 Å². The number of carbonyl (C=O) groups excluding carboxylic acids is 1. The summed E-state index contributed by atoms with van der Waals surface area (Å²) in [6.45, 7) is 7.45. The summed E-state index contributed by atoms with van der Waals surface area (Å²) in [5.41, 5.74) is 8.40. The van der Waals surface area contributed by atoms with E-state index in [-0.39, 0.29) is 29.8 Å². The van der Waals surface area contributed by atoms with Gasteiger partial charge in [0.15, 0.2) is 0 Å². The molecule has 0 radical (unpaired) electrons. The van der Waals surface area contributed by atoms with Crippen molar-refractivity contribution in [2.24, 2.45) is 11.1 Å². The molecule has 1 fully saturated rings. The van der Waals surface area contributed by atoms with Crippen LogP contribution in [-0.2, 0) is 11.2 Å². The van der Waals surface area contributed by atoms with Crippen LogP contribution < -0.4 is 10.6 Å². The van der Waals surface area contributed by atoms with Gasteiger partial charge in [0.05, 0.1) is 6.54 Å². The molecule has 3 rings (SSSR count). The number of para-hydroxylation sites is 1. The Hall–Kier alpha value is -1.10. The number of rotatable bonds is 3. The van der Waals surface area contributed by atoms with Crippen LogP contribution in [0.15, 0.2) is 24.3 Å². The molecule has 1 aromatic carbocycles. The van der Waals surface area contributed by atoms with Crippen molar-refractivity contribution in [1.82, 2.24) is 4.90 Å². The van der Waals surface area contributed by atoms with Crippen LogP contribution in [0.1, 0.15) is 25.8 Å². The van der Waals surface area contributed by atoms with Gasteiger partial charge in [0.25, 0.3) is 0 Å². The Morgan fingerprint density at radius 2 is 2.14 bits per heavy atom. The largest absolute Gasteiger partial charge is 0.330 e. The molecule has 0 aromatic heterocycles. The number of hydrogen-bond donors (Lipinski definition) is 1. The fraction of sp³-hybridized carbons (Fsp3) is 0.588. The maximum Gasteiger partial charge on any atom is 0.241 e. The molecule has 0 spiro atoms. The van der Waals surface area contributed by atoms with Gasteiger partial charge in [0.1, 0.15) is 0 Å². The van der Waals surface area contributed by atoms with Crippen molar-refractivity contribution in [1.29, 1.82) is 0 Å². The molecule has 0 saturated carbocycles. The number of fused-ring (bicyclic) bond motifs is 1. The molecule has 2 aliphatic heterocycles. The quantitative estimate of drug-likeness (QED) is 0.926. The molecule has 122 valence electrons. The lowest BCUT2D eigenvalue weighted by molar-refractivity contribution is -0.119. The van der Waals surface area contributed by atoms with Gasteiger partial charge in [-0.1, -0.05) is 25.1 Å². The number of likely N-dealkylation sites (tertiary alicyclic amines) is 1. The molecular weight excluding hydrogens is 298 g/mol. The van der Waals surface area contributed by atoms with E-state index in [2.05, 4.69) is 30.9 Å². The highest BCUT2D eigenvalue weighted by molar-refractivity contribution is 5.97. The van der Waals surface area contributed by atoms with E-state index in [1.807, 2.05) is 17.0 Å². The van der Waals surface area contributed by atoms with Crippen LogP contribution in [0.4, 0.5) is 5.69 Å². The lowest BCUT2D eigenvalue weighted by atomic mass is 9.90. The van der Waals surface area contributed by atoms with Gasteiger partial charge < -0.3 is 10.6 Å². The number of nitrogens with zero attached hydrogens (tertiary/aromatic N) is 2. The molecule has 1 amide bonds. The maximum atomic E-state index is 12.7. The van der Waals surface area contributed by atoms with Gasteiger partial charge in [0.2, 0.25) is 5.91 Å². The minimum Gasteiger partial charge on any atom is -0.330 e. The van der Waals surface area contributed by atoms with Gasteiger partial charge in [-0.05, 0) is 49.9 Å². The van der Waals surface area contributed by atoms with Crippen LogP contribution in [0.5, 0.6) is 0 Å². The van der Waals surface area contributed by atoms with Crippen molar-refractivity contribution in [3.05, 3.63) is 29.8 Å². The van der Waals surface area contributed by atoms with Crippen molar-refractivity contribution in [2.45, 2.75) is 32.7 Å². The van der Waals surface area contributed by atoms with E-state index in [9.17, 15) is 4.79 Å². The summed E-state index contributed by atoms with van der Waals surface area (Å²) in [4.78, 5) is 17.0. The Morgan fingerprint density at radius 1 is 1.41 bits per heavy atom. The van der Waals surface area contributed by atoms with Crippen LogP contribution in [0.2, 0.25) is 0 Å². The Balaban J connectivity index is 0.00000176. The molecule has 1 saturated heterocycles. The number of halogens is 1. The zero-order chi connectivity index (χ0) is 15.0. The second kappa shape index (κ2) is 6.57. The van der Waals surface area contributed by atoms with Crippen LogP contribution in [0.25, 0.3) is 0 Å². The van der Waals surface area contributed by atoms with Crippen molar-refractivity contribution in [2.75, 3.05) is 31.1 Å². The zero-order valence-corrected chi connectivity index (χ0v) is 14.2. The summed E-state index contributed by atoms with van der Waals surface area (Å²) >= 11 is 0. The molecule has 22 heavy (non-hydrogen) atoms. The standard InChI is InChI=1S/C17H25N3O.ClH/c1-13-9-14-5-3-4-6-15(14)20(13)16(21)10-19-8-7-17(2,11-18)12-19;/h3-6,13H,7-12,18H2,1-2H3;1H. The summed E-state index contributed by atoms with van der Waals surface area (Å²) in [5, 5.41) is 0. The maximum absolute atomic E-state index is 12.7. The number of carbonyl (C=O) groups is 1. The topological polar surface area (TPSA) is 49.6 Å². The van der Waals surface area contributed by atoms with Crippen LogP contribution in [-0.4, -0.2) is 43.0 Å². The van der Waals surface area contributed by atoms with E-state index in [0.29, 0.717) is 13.1 Å². The van der Waals surface area contributed by atoms with Crippen LogP contribution >= 0.6 is 12.4 Å². The van der Waals surface area contributed by atoms with Gasteiger partial charge >= 0.3 is 0 Å². The molecule has 2 unspecified atom stereocenters. The molecule has 0 bridgehead atoms. The van der Waals surface area contributed by atoms with Gasteiger partial charge in [-0.25, -0.2) is 0 Å². The Kier molecular flexibility index (Phi) is 5.15. The molecule has 0 aliphatic carbocycles. The second-order valence-electron chi connectivity index (χ2n) is 6.92. The van der Waals surface area contributed by atoms with Crippen LogP contribution in [0.3, 0.4) is 0 Å². The predicted octanol–water partition coefficient (Wildman–Crippen LogP) is 2.06. The Morgan fingerprint density at radius 3 is 2.82 bits per heavy atom. The normalized spacial score (nSPS) is 27.6. The molecular formula is C17H26ClN3O. The first-order valence-corrected chi connectivity index (χ1v) is 7.85. The summed E-state index contributed by atoms with van der Waals surface area (Å²) in [5.74, 6) is 0.216. The van der Waals surface area contributed by atoms with E-state index in [1.165, 1.54) is 5.56 Å². The van der Waals surface area contributed by atoms with Gasteiger partial charge in [0, 0.05) is 18.3 Å². The van der Waals surface area contributed by atoms with E-state index in [1.54, 1.807) is 0 Å². The highest BCUT2D eigenvalue weighted by Gasteiger charge is 2.36. The summed E-state index contributed by atoms with van der Waals surface area (Å²) in [7, 11) is 0. The summed E-state index contributed by atoms with van der Waals surface area (Å²) < 4.78 is 0. The van der Waals surface area contributed by atoms with E-state index >= 15 is 0 Å². The monoisotopic (exact) mass is 323 g/mol. The fourth-order valence-electron chi connectivity index (χ4n) is 3.64. The molecule has 2 N–H and O–H groups in total. The first-order chi connectivity index (χ1) is 10.0. The third-order valence-corrected chi connectivity index (χ3v) is 4.96. The second-order valence-corrected chi connectivity index (χ2v) is 6.92. The first kappa shape index (κ1) is 17.3. The highest BCUT2D eigenvalue weighted by Crippen LogP contribution is 2.33. The van der Waals surface area contributed by atoms with E-state index in [4.69, 9.17) is 5.73 Å². The van der Waals surface area contributed by atoms with Gasteiger partial charge in [-0.3, -0.25) is 9.69 Å². The minimum absolute atomic E-state index is 0. The number of amides is 1. The third-order valence-electron chi connectivity index (χ3n) is 4.96.